The molecule has 2 aromatic carbocycles. The highest BCUT2D eigenvalue weighted by atomic mass is 35.5. The molecule has 0 unspecified atom stereocenters. The third-order valence-electron chi connectivity index (χ3n) is 5.60. The summed E-state index contributed by atoms with van der Waals surface area (Å²) in [5, 5.41) is 4.58. The highest BCUT2D eigenvalue weighted by Gasteiger charge is 2.30. The van der Waals surface area contributed by atoms with Crippen molar-refractivity contribution in [3.05, 3.63) is 64.3 Å². The van der Waals surface area contributed by atoms with Gasteiger partial charge < -0.3 is 10.3 Å². The van der Waals surface area contributed by atoms with Crippen molar-refractivity contribution in [1.29, 1.82) is 0 Å². The zero-order valence-corrected chi connectivity index (χ0v) is 19.7. The van der Waals surface area contributed by atoms with Gasteiger partial charge in [-0.25, -0.2) is 8.42 Å². The van der Waals surface area contributed by atoms with E-state index in [2.05, 4.69) is 16.4 Å². The SMILES string of the molecule is O=C(CN1CCN(S(=O)(=O)c2cc(Cl)ccc2Cl)CC1)NCCc1c[nH]c2ccccc12. The van der Waals surface area contributed by atoms with Crippen LogP contribution in [0.4, 0.5) is 0 Å². The van der Waals surface area contributed by atoms with Crippen LogP contribution in [0, 0.1) is 0 Å². The number of nitrogens with zero attached hydrogens (tertiary/aromatic N) is 2. The van der Waals surface area contributed by atoms with Gasteiger partial charge in [-0.3, -0.25) is 9.69 Å². The summed E-state index contributed by atoms with van der Waals surface area (Å²) in [5.41, 5.74) is 2.25. The first-order valence-corrected chi connectivity index (χ1v) is 12.5. The molecule has 0 radical (unpaired) electrons. The molecule has 1 saturated heterocycles. The number of sulfonamides is 1. The fourth-order valence-corrected chi connectivity index (χ4v) is 6.04. The van der Waals surface area contributed by atoms with Gasteiger partial charge in [0.15, 0.2) is 0 Å². The first-order valence-electron chi connectivity index (χ1n) is 10.3. The fraction of sp³-hybridized carbons (Fsp3) is 0.318. The lowest BCUT2D eigenvalue weighted by Gasteiger charge is -2.33. The topological polar surface area (TPSA) is 85.5 Å². The number of amides is 1. The Morgan fingerprint density at radius 1 is 1.06 bits per heavy atom. The first-order chi connectivity index (χ1) is 15.3. The zero-order valence-electron chi connectivity index (χ0n) is 17.4. The highest BCUT2D eigenvalue weighted by molar-refractivity contribution is 7.89. The normalized spacial score (nSPS) is 15.8. The molecule has 4 rings (SSSR count). The molecule has 1 aromatic heterocycles. The number of carbonyl (C=O) groups excluding carboxylic acids is 1. The molecule has 1 aliphatic heterocycles. The molecule has 2 heterocycles. The minimum absolute atomic E-state index is 0.00939. The molecule has 2 N–H and O–H groups in total. The van der Waals surface area contributed by atoms with Gasteiger partial charge in [0.2, 0.25) is 15.9 Å². The van der Waals surface area contributed by atoms with E-state index in [-0.39, 0.29) is 35.5 Å². The Hall–Kier alpha value is -2.10. The van der Waals surface area contributed by atoms with E-state index in [9.17, 15) is 13.2 Å². The van der Waals surface area contributed by atoms with Crippen molar-refractivity contribution in [2.24, 2.45) is 0 Å². The van der Waals surface area contributed by atoms with Crippen molar-refractivity contribution in [2.45, 2.75) is 11.3 Å². The van der Waals surface area contributed by atoms with Gasteiger partial charge >= 0.3 is 0 Å². The minimum atomic E-state index is -3.74. The van der Waals surface area contributed by atoms with Crippen LogP contribution in [0.15, 0.2) is 53.6 Å². The number of piperazine rings is 1. The quantitative estimate of drug-likeness (QED) is 0.528. The van der Waals surface area contributed by atoms with Crippen LogP contribution in [-0.4, -0.2) is 67.8 Å². The van der Waals surface area contributed by atoms with E-state index < -0.39 is 10.0 Å². The summed E-state index contributed by atoms with van der Waals surface area (Å²) in [5.74, 6) is -0.0703. The number of hydrogen-bond acceptors (Lipinski definition) is 4. The lowest BCUT2D eigenvalue weighted by atomic mass is 10.1. The van der Waals surface area contributed by atoms with Crippen molar-refractivity contribution in [3.8, 4) is 0 Å². The lowest BCUT2D eigenvalue weighted by molar-refractivity contribution is -0.122. The first kappa shape index (κ1) is 23.1. The van der Waals surface area contributed by atoms with Gasteiger partial charge in [-0.15, -0.1) is 0 Å². The molecular weight excluding hydrogens is 471 g/mol. The van der Waals surface area contributed by atoms with Gasteiger partial charge in [-0.2, -0.15) is 4.31 Å². The van der Waals surface area contributed by atoms with E-state index in [0.717, 1.165) is 11.9 Å². The number of rotatable bonds is 7. The number of H-pyrrole nitrogens is 1. The van der Waals surface area contributed by atoms with Gasteiger partial charge in [-0.05, 0) is 36.2 Å². The summed E-state index contributed by atoms with van der Waals surface area (Å²) in [7, 11) is -3.74. The number of para-hydroxylation sites is 1. The maximum atomic E-state index is 12.9. The molecule has 7 nitrogen and oxygen atoms in total. The number of hydrogen-bond donors (Lipinski definition) is 2. The number of aromatic nitrogens is 1. The van der Waals surface area contributed by atoms with Crippen LogP contribution in [0.25, 0.3) is 10.9 Å². The molecule has 0 bridgehead atoms. The fourth-order valence-electron chi connectivity index (χ4n) is 3.88. The van der Waals surface area contributed by atoms with Gasteiger partial charge in [-0.1, -0.05) is 41.4 Å². The Kier molecular flexibility index (Phi) is 7.07. The van der Waals surface area contributed by atoms with Gasteiger partial charge in [0.25, 0.3) is 0 Å². The summed E-state index contributed by atoms with van der Waals surface area (Å²) in [6, 6.07) is 12.5. The van der Waals surface area contributed by atoms with Crippen LogP contribution in [0.1, 0.15) is 5.56 Å². The van der Waals surface area contributed by atoms with Gasteiger partial charge in [0.1, 0.15) is 4.90 Å². The van der Waals surface area contributed by atoms with Gasteiger partial charge in [0.05, 0.1) is 11.6 Å². The van der Waals surface area contributed by atoms with E-state index in [0.29, 0.717) is 24.7 Å². The average molecular weight is 495 g/mol. The molecule has 10 heteroatoms. The minimum Gasteiger partial charge on any atom is -0.361 e. The Morgan fingerprint density at radius 2 is 1.81 bits per heavy atom. The van der Waals surface area contributed by atoms with E-state index in [1.165, 1.54) is 27.4 Å². The predicted molar refractivity (Wildman–Crippen MR) is 127 cm³/mol. The summed E-state index contributed by atoms with van der Waals surface area (Å²) in [6.07, 6.45) is 2.71. The largest absolute Gasteiger partial charge is 0.361 e. The summed E-state index contributed by atoms with van der Waals surface area (Å²) in [4.78, 5) is 17.6. The smallest absolute Gasteiger partial charge is 0.244 e. The second-order valence-electron chi connectivity index (χ2n) is 7.71. The van der Waals surface area contributed by atoms with Crippen molar-refractivity contribution in [2.75, 3.05) is 39.3 Å². The van der Waals surface area contributed by atoms with Crippen LogP contribution in [-0.2, 0) is 21.2 Å². The third kappa shape index (κ3) is 5.10. The molecule has 1 fully saturated rings. The molecule has 170 valence electrons. The molecule has 1 aliphatic rings. The molecule has 1 amide bonds. The molecule has 32 heavy (non-hydrogen) atoms. The van der Waals surface area contributed by atoms with Crippen molar-refractivity contribution >= 4 is 50.0 Å². The van der Waals surface area contributed by atoms with E-state index in [1.54, 1.807) is 6.07 Å². The Labute approximate surface area is 197 Å². The lowest BCUT2D eigenvalue weighted by Crippen LogP contribution is -2.51. The highest BCUT2D eigenvalue weighted by Crippen LogP contribution is 2.28. The number of benzene rings is 2. The predicted octanol–water partition coefficient (Wildman–Crippen LogP) is 3.14. The Balaban J connectivity index is 1.25. The number of fused-ring (bicyclic) bond motifs is 1. The molecule has 0 spiro atoms. The zero-order chi connectivity index (χ0) is 22.7. The maximum Gasteiger partial charge on any atom is 0.244 e. The van der Waals surface area contributed by atoms with Crippen molar-refractivity contribution in [1.82, 2.24) is 19.5 Å². The monoisotopic (exact) mass is 494 g/mol. The summed E-state index contributed by atoms with van der Waals surface area (Å²) < 4.78 is 27.2. The number of aromatic amines is 1. The molecule has 0 saturated carbocycles. The molecular formula is C22H24Cl2N4O3S. The molecule has 3 aromatic rings. The second kappa shape index (κ2) is 9.80. The number of carbonyl (C=O) groups is 1. The van der Waals surface area contributed by atoms with E-state index in [1.807, 2.05) is 29.3 Å². The second-order valence-corrected chi connectivity index (χ2v) is 10.5. The summed E-state index contributed by atoms with van der Waals surface area (Å²) >= 11 is 12.0. The standard InChI is InChI=1S/C22H24Cl2N4O3S/c23-17-5-6-19(24)21(13-17)32(30,31)28-11-9-27(10-12-28)15-22(29)25-8-7-16-14-26-20-4-2-1-3-18(16)20/h1-6,13-14,26H,7-12,15H2,(H,25,29). The summed E-state index contributed by atoms with van der Waals surface area (Å²) in [6.45, 7) is 2.28. The van der Waals surface area contributed by atoms with Crippen LogP contribution in [0.3, 0.4) is 0 Å². The van der Waals surface area contributed by atoms with E-state index >= 15 is 0 Å². The van der Waals surface area contributed by atoms with Crippen molar-refractivity contribution < 1.29 is 13.2 Å². The third-order valence-corrected chi connectivity index (χ3v) is 8.22. The number of nitrogens with one attached hydrogen (secondary N) is 2. The molecule has 0 aliphatic carbocycles. The van der Waals surface area contributed by atoms with E-state index in [4.69, 9.17) is 23.2 Å². The maximum absolute atomic E-state index is 12.9. The average Bonchev–Trinajstić information content (AvgIpc) is 3.19. The van der Waals surface area contributed by atoms with Crippen LogP contribution < -0.4 is 5.32 Å². The molecule has 0 atom stereocenters. The Bertz CT molecular complexity index is 1220. The van der Waals surface area contributed by atoms with Crippen molar-refractivity contribution in [3.63, 3.8) is 0 Å². The van der Waals surface area contributed by atoms with Gasteiger partial charge in [0, 0.05) is 54.8 Å². The van der Waals surface area contributed by atoms with Crippen LogP contribution in [0.5, 0.6) is 0 Å². The van der Waals surface area contributed by atoms with Crippen LogP contribution in [0.2, 0.25) is 10.0 Å². The number of halogens is 2. The van der Waals surface area contributed by atoms with Crippen LogP contribution >= 0.6 is 23.2 Å². The Morgan fingerprint density at radius 3 is 2.59 bits per heavy atom.